The van der Waals surface area contributed by atoms with Gasteiger partial charge in [-0.2, -0.15) is 0 Å². The summed E-state index contributed by atoms with van der Waals surface area (Å²) in [7, 11) is 2.08. The van der Waals surface area contributed by atoms with E-state index in [1.807, 2.05) is 18.2 Å². The van der Waals surface area contributed by atoms with Crippen molar-refractivity contribution in [1.29, 1.82) is 0 Å². The number of hydrogen-bond acceptors (Lipinski definition) is 5. The van der Waals surface area contributed by atoms with Crippen LogP contribution in [0.15, 0.2) is 77.1 Å². The molecule has 0 radical (unpaired) electrons. The van der Waals surface area contributed by atoms with E-state index in [1.165, 1.54) is 0 Å². The Morgan fingerprint density at radius 1 is 1.05 bits per heavy atom. The minimum Gasteiger partial charge on any atom is -0.461 e. The molecule has 1 N–H and O–H groups in total. The summed E-state index contributed by atoms with van der Waals surface area (Å²) in [5.74, 6) is -0.619. The van der Waals surface area contributed by atoms with E-state index >= 15 is 0 Å². The number of dihydropyridines is 1. The predicted molar refractivity (Wildman–Crippen MR) is 147 cm³/mol. The van der Waals surface area contributed by atoms with Gasteiger partial charge in [-0.25, -0.2) is 4.79 Å². The smallest absolute Gasteiger partial charge is 0.336 e. The van der Waals surface area contributed by atoms with Crippen molar-refractivity contribution in [2.45, 2.75) is 64.8 Å². The summed E-state index contributed by atoms with van der Waals surface area (Å²) in [5.41, 5.74) is 6.23. The summed E-state index contributed by atoms with van der Waals surface area (Å²) < 4.78 is 5.96. The van der Waals surface area contributed by atoms with Gasteiger partial charge in [0, 0.05) is 35.3 Å². The van der Waals surface area contributed by atoms with Crippen molar-refractivity contribution < 1.29 is 14.3 Å². The number of Topliss-reactive ketones (excluding diaryl/α,β-unsaturated/α-hetero) is 1. The molecule has 37 heavy (non-hydrogen) atoms. The molecule has 2 aromatic carbocycles. The largest absolute Gasteiger partial charge is 0.461 e. The average molecular weight is 499 g/mol. The lowest BCUT2D eigenvalue weighted by Gasteiger charge is -2.40. The summed E-state index contributed by atoms with van der Waals surface area (Å²) in [6, 6.07) is 18.8. The monoisotopic (exact) mass is 498 g/mol. The number of nitrogens with one attached hydrogen (secondary N) is 1. The summed E-state index contributed by atoms with van der Waals surface area (Å²) in [4.78, 5) is 29.6. The maximum Gasteiger partial charge on any atom is 0.336 e. The van der Waals surface area contributed by atoms with Crippen LogP contribution in [-0.2, 0) is 14.3 Å². The number of ether oxygens (including phenoxy) is 1. The number of likely N-dealkylation sites (N-methyl/N-ethyl adjacent to an activating group) is 1. The van der Waals surface area contributed by atoms with Crippen LogP contribution in [0.3, 0.4) is 0 Å². The van der Waals surface area contributed by atoms with Crippen LogP contribution in [0.1, 0.15) is 64.4 Å². The Bertz CT molecular complexity index is 1240. The first kappa shape index (κ1) is 25.5. The first-order valence-corrected chi connectivity index (χ1v) is 13.6. The van der Waals surface area contributed by atoms with Gasteiger partial charge in [-0.1, -0.05) is 75.4 Å². The predicted octanol–water partition coefficient (Wildman–Crippen LogP) is 5.99. The van der Waals surface area contributed by atoms with Crippen LogP contribution in [0.4, 0.5) is 0 Å². The van der Waals surface area contributed by atoms with Crippen LogP contribution in [0, 0.1) is 5.41 Å². The highest BCUT2D eigenvalue weighted by molar-refractivity contribution is 6.04. The minimum absolute atomic E-state index is 0.117. The van der Waals surface area contributed by atoms with E-state index in [0.29, 0.717) is 25.0 Å². The summed E-state index contributed by atoms with van der Waals surface area (Å²) >= 11 is 0. The van der Waals surface area contributed by atoms with Crippen LogP contribution in [0.25, 0.3) is 11.1 Å². The fourth-order valence-corrected chi connectivity index (χ4v) is 6.14. The SMILES string of the molecule is CCC1=C(C(=O)OC[C@H]2CCCN2C)C(c2ccc(-c3ccccc3)cc2)C2=C(CC(C)(C)CC2=O)N1. The molecule has 1 aliphatic carbocycles. The quantitative estimate of drug-likeness (QED) is 0.496. The number of rotatable bonds is 6. The van der Waals surface area contributed by atoms with Gasteiger partial charge in [0.25, 0.3) is 0 Å². The Morgan fingerprint density at radius 2 is 1.76 bits per heavy atom. The van der Waals surface area contributed by atoms with Crippen LogP contribution in [-0.4, -0.2) is 42.9 Å². The number of carbonyl (C=O) groups excluding carboxylic acids is 2. The molecule has 1 saturated heterocycles. The third-order valence-corrected chi connectivity index (χ3v) is 8.13. The van der Waals surface area contributed by atoms with Crippen LogP contribution in [0.5, 0.6) is 0 Å². The number of ketones is 1. The van der Waals surface area contributed by atoms with Crippen molar-refractivity contribution in [2.24, 2.45) is 5.41 Å². The number of likely N-dealkylation sites (tertiary alicyclic amines) is 1. The first-order chi connectivity index (χ1) is 17.8. The Balaban J connectivity index is 1.54. The zero-order valence-electron chi connectivity index (χ0n) is 22.5. The standard InChI is InChI=1S/C32H38N2O3/c1-5-25-30(31(36)37-20-24-12-9-17-34(24)4)28(29-26(33-25)18-32(2,3)19-27(29)35)23-15-13-22(14-16-23)21-10-7-6-8-11-21/h6-8,10-11,13-16,24,28,33H,5,9,12,17-20H2,1-4H3/t24-,28?/m1/s1. The fourth-order valence-electron chi connectivity index (χ4n) is 6.14. The van der Waals surface area contributed by atoms with E-state index in [9.17, 15) is 9.59 Å². The van der Waals surface area contributed by atoms with Gasteiger partial charge < -0.3 is 15.0 Å². The highest BCUT2D eigenvalue weighted by atomic mass is 16.5. The minimum atomic E-state index is -0.423. The van der Waals surface area contributed by atoms with Crippen LogP contribution >= 0.6 is 0 Å². The van der Waals surface area contributed by atoms with Gasteiger partial charge in [-0.05, 0) is 61.4 Å². The number of hydrogen-bond donors (Lipinski definition) is 1. The first-order valence-electron chi connectivity index (χ1n) is 13.6. The van der Waals surface area contributed by atoms with E-state index in [1.54, 1.807) is 0 Å². The van der Waals surface area contributed by atoms with Gasteiger partial charge in [0.05, 0.1) is 5.57 Å². The Morgan fingerprint density at radius 3 is 2.41 bits per heavy atom. The van der Waals surface area contributed by atoms with Crippen molar-refractivity contribution in [1.82, 2.24) is 10.2 Å². The molecule has 0 amide bonds. The lowest BCUT2D eigenvalue weighted by atomic mass is 9.68. The molecule has 0 aromatic heterocycles. The second-order valence-corrected chi connectivity index (χ2v) is 11.5. The van der Waals surface area contributed by atoms with Crippen molar-refractivity contribution in [2.75, 3.05) is 20.2 Å². The number of esters is 1. The molecule has 2 heterocycles. The molecule has 2 aliphatic heterocycles. The van der Waals surface area contributed by atoms with Crippen molar-refractivity contribution in [3.63, 3.8) is 0 Å². The molecule has 194 valence electrons. The van der Waals surface area contributed by atoms with Crippen LogP contribution < -0.4 is 5.32 Å². The maximum absolute atomic E-state index is 13.7. The van der Waals surface area contributed by atoms with E-state index in [-0.39, 0.29) is 23.2 Å². The third kappa shape index (κ3) is 5.15. The molecular formula is C32H38N2O3. The molecule has 2 aromatic rings. The molecule has 1 fully saturated rings. The van der Waals surface area contributed by atoms with Gasteiger partial charge in [0.2, 0.25) is 0 Å². The fraction of sp³-hybridized carbons (Fsp3) is 0.438. The van der Waals surface area contributed by atoms with Crippen molar-refractivity contribution in [3.05, 3.63) is 82.7 Å². The molecule has 0 bridgehead atoms. The average Bonchev–Trinajstić information content (AvgIpc) is 3.30. The van der Waals surface area contributed by atoms with E-state index in [0.717, 1.165) is 59.5 Å². The zero-order chi connectivity index (χ0) is 26.2. The summed E-state index contributed by atoms with van der Waals surface area (Å²) in [5, 5.41) is 3.52. The van der Waals surface area contributed by atoms with Gasteiger partial charge in [0.15, 0.2) is 5.78 Å². The van der Waals surface area contributed by atoms with Gasteiger partial charge in [-0.3, -0.25) is 4.79 Å². The molecular weight excluding hydrogens is 460 g/mol. The van der Waals surface area contributed by atoms with E-state index in [4.69, 9.17) is 4.74 Å². The van der Waals surface area contributed by atoms with Crippen LogP contribution in [0.2, 0.25) is 0 Å². The molecule has 3 aliphatic rings. The topological polar surface area (TPSA) is 58.6 Å². The lowest BCUT2D eigenvalue weighted by Crippen LogP contribution is -2.39. The number of allylic oxidation sites excluding steroid dienone is 3. The molecule has 5 nitrogen and oxygen atoms in total. The second-order valence-electron chi connectivity index (χ2n) is 11.5. The lowest BCUT2D eigenvalue weighted by molar-refractivity contribution is -0.140. The van der Waals surface area contributed by atoms with Gasteiger partial charge in [-0.15, -0.1) is 0 Å². The number of benzene rings is 2. The molecule has 5 rings (SSSR count). The molecule has 2 atom stereocenters. The molecule has 0 saturated carbocycles. The Hall–Kier alpha value is -3.18. The molecule has 1 unspecified atom stereocenters. The summed E-state index contributed by atoms with van der Waals surface area (Å²) in [6.45, 7) is 7.73. The third-order valence-electron chi connectivity index (χ3n) is 8.13. The van der Waals surface area contributed by atoms with Crippen molar-refractivity contribution >= 4 is 11.8 Å². The highest BCUT2D eigenvalue weighted by Gasteiger charge is 2.43. The number of carbonyl (C=O) groups is 2. The maximum atomic E-state index is 13.7. The van der Waals surface area contributed by atoms with Gasteiger partial charge in [0.1, 0.15) is 6.61 Å². The summed E-state index contributed by atoms with van der Waals surface area (Å²) in [6.07, 6.45) is 4.08. The van der Waals surface area contributed by atoms with Crippen molar-refractivity contribution in [3.8, 4) is 11.1 Å². The number of nitrogens with zero attached hydrogens (tertiary/aromatic N) is 1. The molecule has 0 spiro atoms. The normalized spacial score (nSPS) is 23.6. The Labute approximate surface area is 220 Å². The highest BCUT2D eigenvalue weighted by Crippen LogP contribution is 2.47. The second kappa shape index (κ2) is 10.3. The Kier molecular flexibility index (Phi) is 7.09. The molecule has 5 heteroatoms. The van der Waals surface area contributed by atoms with E-state index < -0.39 is 5.92 Å². The zero-order valence-corrected chi connectivity index (χ0v) is 22.5. The van der Waals surface area contributed by atoms with Gasteiger partial charge >= 0.3 is 5.97 Å². The van der Waals surface area contributed by atoms with E-state index in [2.05, 4.69) is 74.4 Å².